The molecule has 0 aliphatic rings. The highest BCUT2D eigenvalue weighted by atomic mass is 32.2. The fourth-order valence-corrected chi connectivity index (χ4v) is 3.84. The molecule has 0 fully saturated rings. The summed E-state index contributed by atoms with van der Waals surface area (Å²) in [5, 5.41) is 0.271. The zero-order chi connectivity index (χ0) is 19.4. The van der Waals surface area contributed by atoms with E-state index in [1.807, 2.05) is 74.5 Å². The van der Waals surface area contributed by atoms with Crippen molar-refractivity contribution in [3.63, 3.8) is 0 Å². The highest BCUT2D eigenvalue weighted by molar-refractivity contribution is 8.00. The average molecular weight is 381 g/mol. The molecule has 27 heavy (non-hydrogen) atoms. The van der Waals surface area contributed by atoms with Crippen LogP contribution in [0, 0.1) is 5.92 Å². The van der Waals surface area contributed by atoms with E-state index in [1.54, 1.807) is 19.0 Å². The van der Waals surface area contributed by atoms with Crippen molar-refractivity contribution >= 4 is 17.7 Å². The second-order valence-corrected chi connectivity index (χ2v) is 8.00. The third-order valence-electron chi connectivity index (χ3n) is 4.21. The maximum absolute atomic E-state index is 12.6. The van der Waals surface area contributed by atoms with Crippen LogP contribution in [0.15, 0.2) is 70.3 Å². The lowest BCUT2D eigenvalue weighted by atomic mass is 10.1. The van der Waals surface area contributed by atoms with Gasteiger partial charge < -0.3 is 9.32 Å². The van der Waals surface area contributed by atoms with E-state index in [2.05, 4.69) is 0 Å². The predicted octanol–water partition coefficient (Wildman–Crippen LogP) is 5.21. The Morgan fingerprint density at radius 2 is 1.52 bits per heavy atom. The van der Waals surface area contributed by atoms with Crippen molar-refractivity contribution in [3.8, 4) is 22.6 Å². The van der Waals surface area contributed by atoms with Crippen molar-refractivity contribution in [1.29, 1.82) is 0 Å². The zero-order valence-corrected chi connectivity index (χ0v) is 16.9. The quantitative estimate of drug-likeness (QED) is 0.551. The smallest absolute Gasteiger partial charge is 0.257 e. The molecule has 0 saturated heterocycles. The van der Waals surface area contributed by atoms with Gasteiger partial charge in [-0.15, -0.1) is 0 Å². The minimum absolute atomic E-state index is 0.0655. The van der Waals surface area contributed by atoms with Crippen LogP contribution in [-0.4, -0.2) is 35.1 Å². The Kier molecular flexibility index (Phi) is 6.01. The fourth-order valence-electron chi connectivity index (χ4n) is 2.76. The van der Waals surface area contributed by atoms with Crippen LogP contribution >= 0.6 is 11.8 Å². The lowest BCUT2D eigenvalue weighted by Gasteiger charge is -2.21. The lowest BCUT2D eigenvalue weighted by molar-refractivity contribution is -0.128. The first-order chi connectivity index (χ1) is 13.0. The molecule has 1 amide bonds. The summed E-state index contributed by atoms with van der Waals surface area (Å²) in [5.74, 6) is 0.956. The number of hydrogen-bond donors (Lipinski definition) is 0. The standard InChI is InChI=1S/C22H24N2O2S/c1-15(2)20(21(25)24(3)4)27-22-23-18(16-11-7-5-8-12-16)19(26-22)17-13-9-6-10-14-17/h5-15,20H,1-4H3. The number of oxazole rings is 1. The molecule has 1 aromatic heterocycles. The van der Waals surface area contributed by atoms with Crippen LogP contribution in [0.1, 0.15) is 13.8 Å². The SMILES string of the molecule is CC(C)C(Sc1nc(-c2ccccc2)c(-c2ccccc2)o1)C(=O)N(C)C. The monoisotopic (exact) mass is 380 g/mol. The molecule has 0 saturated carbocycles. The number of aromatic nitrogens is 1. The summed E-state index contributed by atoms with van der Waals surface area (Å²) in [5.41, 5.74) is 2.76. The van der Waals surface area contributed by atoms with Gasteiger partial charge in [0.1, 0.15) is 5.69 Å². The first-order valence-corrected chi connectivity index (χ1v) is 9.85. The van der Waals surface area contributed by atoms with E-state index in [9.17, 15) is 4.79 Å². The summed E-state index contributed by atoms with van der Waals surface area (Å²) in [4.78, 5) is 18.9. The van der Waals surface area contributed by atoms with Gasteiger partial charge >= 0.3 is 0 Å². The Bertz CT molecular complexity index is 832. The summed E-state index contributed by atoms with van der Waals surface area (Å²) < 4.78 is 6.15. The van der Waals surface area contributed by atoms with Crippen molar-refractivity contribution in [2.75, 3.05) is 14.1 Å². The van der Waals surface area contributed by atoms with Crippen LogP contribution in [0.25, 0.3) is 22.6 Å². The molecular weight excluding hydrogens is 356 g/mol. The number of nitrogens with zero attached hydrogens (tertiary/aromatic N) is 2. The van der Waals surface area contributed by atoms with E-state index in [-0.39, 0.29) is 17.1 Å². The van der Waals surface area contributed by atoms with Crippen LogP contribution in [-0.2, 0) is 4.79 Å². The first kappa shape index (κ1) is 19.2. The molecule has 0 spiro atoms. The Morgan fingerprint density at radius 3 is 2.04 bits per heavy atom. The predicted molar refractivity (Wildman–Crippen MR) is 111 cm³/mol. The first-order valence-electron chi connectivity index (χ1n) is 8.97. The highest BCUT2D eigenvalue weighted by Gasteiger charge is 2.28. The van der Waals surface area contributed by atoms with Crippen LogP contribution in [0.2, 0.25) is 0 Å². The Balaban J connectivity index is 2.02. The number of rotatable bonds is 6. The molecule has 140 valence electrons. The molecule has 5 heteroatoms. The molecule has 2 aromatic carbocycles. The van der Waals surface area contributed by atoms with Gasteiger partial charge in [0, 0.05) is 25.2 Å². The molecular formula is C22H24N2O2S. The topological polar surface area (TPSA) is 46.3 Å². The van der Waals surface area contributed by atoms with Crippen LogP contribution in [0.5, 0.6) is 0 Å². The van der Waals surface area contributed by atoms with Crippen molar-refractivity contribution in [2.45, 2.75) is 24.3 Å². The van der Waals surface area contributed by atoms with Gasteiger partial charge in [0.25, 0.3) is 5.22 Å². The fraction of sp³-hybridized carbons (Fsp3) is 0.273. The van der Waals surface area contributed by atoms with E-state index in [0.29, 0.717) is 5.22 Å². The van der Waals surface area contributed by atoms with Crippen molar-refractivity contribution < 1.29 is 9.21 Å². The molecule has 0 N–H and O–H groups in total. The Hall–Kier alpha value is -2.53. The van der Waals surface area contributed by atoms with Crippen LogP contribution in [0.3, 0.4) is 0 Å². The minimum atomic E-state index is -0.245. The second kappa shape index (κ2) is 8.44. The third kappa shape index (κ3) is 4.42. The second-order valence-electron chi connectivity index (χ2n) is 6.90. The van der Waals surface area contributed by atoms with Crippen molar-refractivity contribution in [3.05, 3.63) is 60.7 Å². The molecule has 0 radical (unpaired) electrons. The van der Waals surface area contributed by atoms with Gasteiger partial charge in [0.05, 0.1) is 5.25 Å². The van der Waals surface area contributed by atoms with Crippen molar-refractivity contribution in [2.24, 2.45) is 5.92 Å². The van der Waals surface area contributed by atoms with Gasteiger partial charge in [-0.25, -0.2) is 4.98 Å². The molecule has 1 heterocycles. The van der Waals surface area contributed by atoms with E-state index >= 15 is 0 Å². The van der Waals surface area contributed by atoms with Gasteiger partial charge in [-0.05, 0) is 5.92 Å². The van der Waals surface area contributed by atoms with E-state index in [4.69, 9.17) is 9.40 Å². The number of carbonyl (C=O) groups excluding carboxylic acids is 1. The maximum Gasteiger partial charge on any atom is 0.257 e. The minimum Gasteiger partial charge on any atom is -0.431 e. The van der Waals surface area contributed by atoms with Gasteiger partial charge in [-0.1, -0.05) is 86.3 Å². The van der Waals surface area contributed by atoms with Crippen molar-refractivity contribution in [1.82, 2.24) is 9.88 Å². The Morgan fingerprint density at radius 1 is 0.963 bits per heavy atom. The van der Waals surface area contributed by atoms with E-state index in [1.165, 1.54) is 11.8 Å². The summed E-state index contributed by atoms with van der Waals surface area (Å²) >= 11 is 1.39. The summed E-state index contributed by atoms with van der Waals surface area (Å²) in [6.07, 6.45) is 0. The summed E-state index contributed by atoms with van der Waals surface area (Å²) in [6, 6.07) is 19.9. The number of benzene rings is 2. The number of thioether (sulfide) groups is 1. The van der Waals surface area contributed by atoms with E-state index in [0.717, 1.165) is 22.6 Å². The molecule has 3 aromatic rings. The van der Waals surface area contributed by atoms with Gasteiger partial charge in [0.15, 0.2) is 5.76 Å². The lowest BCUT2D eigenvalue weighted by Crippen LogP contribution is -2.34. The summed E-state index contributed by atoms with van der Waals surface area (Å²) in [6.45, 7) is 4.08. The zero-order valence-electron chi connectivity index (χ0n) is 16.0. The Labute approximate surface area is 164 Å². The summed E-state index contributed by atoms with van der Waals surface area (Å²) in [7, 11) is 3.55. The average Bonchev–Trinajstić information content (AvgIpc) is 3.10. The third-order valence-corrected chi connectivity index (χ3v) is 5.58. The van der Waals surface area contributed by atoms with Crippen LogP contribution < -0.4 is 0 Å². The van der Waals surface area contributed by atoms with E-state index < -0.39 is 0 Å². The normalized spacial score (nSPS) is 12.2. The number of hydrogen-bond acceptors (Lipinski definition) is 4. The molecule has 1 atom stereocenters. The largest absolute Gasteiger partial charge is 0.431 e. The molecule has 4 nitrogen and oxygen atoms in total. The van der Waals surface area contributed by atoms with Gasteiger partial charge in [-0.2, -0.15) is 0 Å². The number of carbonyl (C=O) groups is 1. The maximum atomic E-state index is 12.6. The molecule has 1 unspecified atom stereocenters. The molecule has 0 aliphatic heterocycles. The molecule has 0 aliphatic carbocycles. The number of amides is 1. The molecule has 3 rings (SSSR count). The van der Waals surface area contributed by atoms with Crippen LogP contribution in [0.4, 0.5) is 0 Å². The highest BCUT2D eigenvalue weighted by Crippen LogP contribution is 2.38. The van der Waals surface area contributed by atoms with Gasteiger partial charge in [-0.3, -0.25) is 4.79 Å². The molecule has 0 bridgehead atoms. The van der Waals surface area contributed by atoms with Gasteiger partial charge in [0.2, 0.25) is 5.91 Å².